The molecule has 2 aliphatic heterocycles. The van der Waals surface area contributed by atoms with Gasteiger partial charge >= 0.3 is 11.9 Å². The van der Waals surface area contributed by atoms with Gasteiger partial charge in [-0.1, -0.05) is 0 Å². The maximum absolute atomic E-state index is 11.7. The molecule has 0 aliphatic carbocycles. The molecule has 2 fully saturated rings. The third kappa shape index (κ3) is 8.05. The number of carbonyl (C=O) groups excluding carboxylic acids is 6. The summed E-state index contributed by atoms with van der Waals surface area (Å²) >= 11 is 0. The number of rotatable bonds is 8. The largest absolute Gasteiger partial charge is 0.333 e. The number of hydroxylamine groups is 4. The Hall–Kier alpha value is -0.960. The van der Waals surface area contributed by atoms with Gasteiger partial charge in [0.1, 0.15) is 0 Å². The smallest absolute Gasteiger partial charge is 0.330 e. The van der Waals surface area contributed by atoms with Crippen molar-refractivity contribution in [2.45, 2.75) is 42.6 Å². The number of imide groups is 2. The van der Waals surface area contributed by atoms with Gasteiger partial charge in [-0.25, -0.2) is 9.59 Å². The second-order valence-electron chi connectivity index (χ2n) is 6.25. The molecule has 2 radical (unpaired) electrons. The zero-order valence-corrected chi connectivity index (χ0v) is 22.8. The number of carbonyl (C=O) groups is 6. The van der Waals surface area contributed by atoms with Gasteiger partial charge in [0.2, 0.25) is 0 Å². The van der Waals surface area contributed by atoms with Crippen molar-refractivity contribution >= 4 is 115 Å². The monoisotopic (exact) mass is 532 g/mol. The SMILES string of the molecule is O=C(CCCC(=O)ON1C(=O)CC(S(=O)(=O)O)C1=O)ON1C(=O)CC(S(=O)(=O)O)C1=O.[Na].[Na]. The van der Waals surface area contributed by atoms with Crippen molar-refractivity contribution in [1.82, 2.24) is 10.1 Å². The first-order valence-corrected chi connectivity index (χ1v) is 11.2. The first kappa shape index (κ1) is 32.0. The minimum atomic E-state index is -4.89. The van der Waals surface area contributed by atoms with E-state index in [0.29, 0.717) is 0 Å². The van der Waals surface area contributed by atoms with Crippen LogP contribution in [0, 0.1) is 0 Å². The van der Waals surface area contributed by atoms with Gasteiger partial charge in [-0.3, -0.25) is 28.3 Å². The van der Waals surface area contributed by atoms with Crippen LogP contribution in [0.15, 0.2) is 0 Å². The summed E-state index contributed by atoms with van der Waals surface area (Å²) in [6.45, 7) is 0. The third-order valence-electron chi connectivity index (χ3n) is 3.99. The predicted molar refractivity (Wildman–Crippen MR) is 101 cm³/mol. The maximum atomic E-state index is 11.7. The quantitative estimate of drug-likeness (QED) is 0.174. The normalized spacial score (nSPS) is 20.9. The Labute approximate surface area is 230 Å². The van der Waals surface area contributed by atoms with E-state index >= 15 is 0 Å². The van der Waals surface area contributed by atoms with E-state index in [2.05, 4.69) is 9.68 Å². The number of amides is 4. The summed E-state index contributed by atoms with van der Waals surface area (Å²) in [5.74, 6) is -7.80. The van der Waals surface area contributed by atoms with Crippen molar-refractivity contribution in [3.8, 4) is 0 Å². The van der Waals surface area contributed by atoms with E-state index < -0.39 is 92.0 Å². The van der Waals surface area contributed by atoms with Gasteiger partial charge in [0, 0.05) is 72.0 Å². The second kappa shape index (κ2) is 12.1. The topological polar surface area (TPSA) is 236 Å². The molecule has 2 saturated heterocycles. The van der Waals surface area contributed by atoms with Gasteiger partial charge in [0.15, 0.2) is 10.5 Å². The molecule has 2 rings (SSSR count). The van der Waals surface area contributed by atoms with Crippen molar-refractivity contribution in [3.05, 3.63) is 0 Å². The molecule has 2 aliphatic rings. The molecule has 0 aromatic carbocycles. The molecule has 20 heteroatoms. The van der Waals surface area contributed by atoms with E-state index in [4.69, 9.17) is 9.11 Å². The molecule has 0 bridgehead atoms. The van der Waals surface area contributed by atoms with Crippen molar-refractivity contribution in [2.75, 3.05) is 0 Å². The van der Waals surface area contributed by atoms with Crippen LogP contribution in [0.3, 0.4) is 0 Å². The van der Waals surface area contributed by atoms with Crippen molar-refractivity contribution in [2.24, 2.45) is 0 Å². The van der Waals surface area contributed by atoms with Crippen LogP contribution >= 0.6 is 0 Å². The third-order valence-corrected chi connectivity index (χ3v) is 6.17. The molecule has 16 nitrogen and oxygen atoms in total. The standard InChI is InChI=1S/C13H14N2O14S2.2Na/c16-8-4-6(30(22,23)24)12(20)14(8)28-10(18)2-1-3-11(19)29-15-9(17)5-7(13(15)21)31(25,26)27;;/h6-7H,1-5H2,(H,22,23,24)(H,25,26,27);;. The Bertz CT molecular complexity index is 989. The molecular weight excluding hydrogens is 518 g/mol. The molecule has 2 N–H and O–H groups in total. The zero-order valence-electron chi connectivity index (χ0n) is 17.2. The molecule has 0 spiro atoms. The number of hydrogen-bond acceptors (Lipinski definition) is 12. The fraction of sp³-hybridized carbons (Fsp3) is 0.538. The molecule has 0 saturated carbocycles. The minimum absolute atomic E-state index is 0. The Morgan fingerprint density at radius 2 is 1.06 bits per heavy atom. The molecule has 0 aromatic heterocycles. The summed E-state index contributed by atoms with van der Waals surface area (Å²) in [6.07, 6.45) is -3.40. The summed E-state index contributed by atoms with van der Waals surface area (Å²) < 4.78 is 61.7. The average Bonchev–Trinajstić information content (AvgIpc) is 3.06. The summed E-state index contributed by atoms with van der Waals surface area (Å²) in [5, 5.41) is -4.47. The predicted octanol–water partition coefficient (Wildman–Crippen LogP) is -3.66. The van der Waals surface area contributed by atoms with Gasteiger partial charge in [0.05, 0.1) is 12.8 Å². The minimum Gasteiger partial charge on any atom is -0.330 e. The Morgan fingerprint density at radius 1 is 0.758 bits per heavy atom. The molecule has 2 unspecified atom stereocenters. The molecule has 33 heavy (non-hydrogen) atoms. The van der Waals surface area contributed by atoms with Gasteiger partial charge in [0.25, 0.3) is 43.9 Å². The van der Waals surface area contributed by atoms with E-state index in [1.54, 1.807) is 0 Å². The van der Waals surface area contributed by atoms with Gasteiger partial charge in [-0.15, -0.1) is 10.1 Å². The van der Waals surface area contributed by atoms with Crippen LogP contribution in [0.2, 0.25) is 0 Å². The van der Waals surface area contributed by atoms with Crippen LogP contribution in [-0.2, 0) is 58.7 Å². The molecule has 2 heterocycles. The van der Waals surface area contributed by atoms with Crippen LogP contribution < -0.4 is 0 Å². The van der Waals surface area contributed by atoms with Gasteiger partial charge < -0.3 is 9.68 Å². The Balaban J connectivity index is 0.00000512. The van der Waals surface area contributed by atoms with Gasteiger partial charge in [-0.05, 0) is 6.42 Å². The fourth-order valence-electron chi connectivity index (χ4n) is 2.49. The first-order valence-electron chi connectivity index (χ1n) is 8.20. The van der Waals surface area contributed by atoms with Crippen LogP contribution in [-0.4, -0.2) is 141 Å². The van der Waals surface area contributed by atoms with E-state index in [1.807, 2.05) is 0 Å². The van der Waals surface area contributed by atoms with Crippen molar-refractivity contribution in [1.29, 1.82) is 0 Å². The second-order valence-corrected chi connectivity index (χ2v) is 9.45. The summed E-state index contributed by atoms with van der Waals surface area (Å²) in [4.78, 5) is 78.8. The average molecular weight is 532 g/mol. The van der Waals surface area contributed by atoms with Crippen LogP contribution in [0.5, 0.6) is 0 Å². The Kier molecular flexibility index (Phi) is 11.8. The van der Waals surface area contributed by atoms with Crippen molar-refractivity contribution in [3.63, 3.8) is 0 Å². The molecular formula is C13H14N2Na2O14S2. The van der Waals surface area contributed by atoms with E-state index in [1.165, 1.54) is 0 Å². The van der Waals surface area contributed by atoms with E-state index in [-0.39, 0.29) is 75.7 Å². The summed E-state index contributed by atoms with van der Waals surface area (Å²) in [6, 6.07) is 0. The van der Waals surface area contributed by atoms with Crippen LogP contribution in [0.4, 0.5) is 0 Å². The summed E-state index contributed by atoms with van der Waals surface area (Å²) in [7, 11) is -9.79. The maximum Gasteiger partial charge on any atom is 0.333 e. The first-order chi connectivity index (χ1) is 14.1. The van der Waals surface area contributed by atoms with Gasteiger partial charge in [-0.2, -0.15) is 16.8 Å². The molecule has 4 amide bonds. The zero-order chi connectivity index (χ0) is 23.7. The molecule has 0 aromatic rings. The van der Waals surface area contributed by atoms with Crippen LogP contribution in [0.25, 0.3) is 0 Å². The van der Waals surface area contributed by atoms with E-state index in [9.17, 15) is 45.6 Å². The molecule has 2 atom stereocenters. The van der Waals surface area contributed by atoms with Crippen LogP contribution in [0.1, 0.15) is 32.1 Å². The fourth-order valence-corrected chi connectivity index (χ4v) is 3.90. The molecule has 174 valence electrons. The summed E-state index contributed by atoms with van der Waals surface area (Å²) in [5.41, 5.74) is 0. The van der Waals surface area contributed by atoms with Crippen molar-refractivity contribution < 1.29 is 64.4 Å². The Morgan fingerprint density at radius 3 is 1.30 bits per heavy atom. The van der Waals surface area contributed by atoms with E-state index in [0.717, 1.165) is 0 Å². The number of nitrogens with zero attached hydrogens (tertiary/aromatic N) is 2. The number of hydrogen-bond donors (Lipinski definition) is 2.